The highest BCUT2D eigenvalue weighted by Gasteiger charge is 2.16. The molecule has 0 bridgehead atoms. The van der Waals surface area contributed by atoms with Gasteiger partial charge < -0.3 is 14.8 Å². The molecule has 0 spiro atoms. The third-order valence-electron chi connectivity index (χ3n) is 3.48. The molecule has 3 N–H and O–H groups in total. The van der Waals surface area contributed by atoms with Gasteiger partial charge >= 0.3 is 5.97 Å². The van der Waals surface area contributed by atoms with Crippen LogP contribution >= 0.6 is 0 Å². The third-order valence-corrected chi connectivity index (χ3v) is 4.41. The van der Waals surface area contributed by atoms with Crippen LogP contribution in [0.4, 0.5) is 5.69 Å². The first-order valence-electron chi connectivity index (χ1n) is 8.08. The largest absolute Gasteiger partial charge is 0.481 e. The van der Waals surface area contributed by atoms with Crippen LogP contribution in [0.1, 0.15) is 24.2 Å². The highest BCUT2D eigenvalue weighted by molar-refractivity contribution is 7.89. The molecule has 0 fully saturated rings. The lowest BCUT2D eigenvalue weighted by Gasteiger charge is -2.15. The first-order valence-corrected chi connectivity index (χ1v) is 9.63. The average Bonchev–Trinajstić information content (AvgIpc) is 2.61. The number of anilines is 1. The maximum atomic E-state index is 12.2. The second kappa shape index (κ2) is 8.65. The number of sulfonamides is 1. The van der Waals surface area contributed by atoms with Crippen molar-refractivity contribution in [2.24, 2.45) is 5.14 Å². The SMILES string of the molecule is CCOC(=O)c1cccc(O[C@H](C)C(=O)Nc2ccc(S(N)(=O)=O)cc2)c1. The number of carbonyl (C=O) groups excluding carboxylic acids is 2. The number of ether oxygens (including phenoxy) is 2. The number of hydrogen-bond acceptors (Lipinski definition) is 6. The Morgan fingerprint density at radius 1 is 1.15 bits per heavy atom. The fraction of sp³-hybridized carbons (Fsp3) is 0.222. The summed E-state index contributed by atoms with van der Waals surface area (Å²) >= 11 is 0. The molecule has 0 aliphatic rings. The summed E-state index contributed by atoms with van der Waals surface area (Å²) in [5.74, 6) is -0.581. The van der Waals surface area contributed by atoms with E-state index < -0.39 is 28.0 Å². The van der Waals surface area contributed by atoms with Gasteiger partial charge in [0.15, 0.2) is 6.10 Å². The number of nitrogens with two attached hydrogens (primary N) is 1. The molecule has 0 heterocycles. The van der Waals surface area contributed by atoms with Crippen molar-refractivity contribution >= 4 is 27.6 Å². The van der Waals surface area contributed by atoms with Gasteiger partial charge in [0.2, 0.25) is 10.0 Å². The van der Waals surface area contributed by atoms with E-state index in [9.17, 15) is 18.0 Å². The minimum atomic E-state index is -3.80. The van der Waals surface area contributed by atoms with Gasteiger partial charge in [0, 0.05) is 5.69 Å². The van der Waals surface area contributed by atoms with E-state index >= 15 is 0 Å². The molecule has 9 heteroatoms. The molecule has 1 amide bonds. The second-order valence-corrected chi connectivity index (χ2v) is 7.13. The van der Waals surface area contributed by atoms with Crippen molar-refractivity contribution in [2.45, 2.75) is 24.8 Å². The number of rotatable bonds is 7. The van der Waals surface area contributed by atoms with Gasteiger partial charge in [0.1, 0.15) is 5.75 Å². The van der Waals surface area contributed by atoms with Crippen LogP contribution in [0.15, 0.2) is 53.4 Å². The standard InChI is InChI=1S/C18H20N2O6S/c1-3-25-18(22)13-5-4-6-15(11-13)26-12(2)17(21)20-14-7-9-16(10-8-14)27(19,23)24/h4-12H,3H2,1-2H3,(H,20,21)(H2,19,23,24)/t12-/m1/s1. The number of hydrogen-bond donors (Lipinski definition) is 2. The molecule has 0 aliphatic carbocycles. The lowest BCUT2D eigenvalue weighted by Crippen LogP contribution is -2.30. The van der Waals surface area contributed by atoms with Crippen molar-refractivity contribution in [2.75, 3.05) is 11.9 Å². The number of primary sulfonamides is 1. The fourth-order valence-corrected chi connectivity index (χ4v) is 2.66. The van der Waals surface area contributed by atoms with Crippen LogP contribution in [0.25, 0.3) is 0 Å². The monoisotopic (exact) mass is 392 g/mol. The predicted octanol–water partition coefficient (Wildman–Crippen LogP) is 1.92. The third kappa shape index (κ3) is 5.80. The molecule has 8 nitrogen and oxygen atoms in total. The van der Waals surface area contributed by atoms with E-state index in [2.05, 4.69) is 5.32 Å². The van der Waals surface area contributed by atoms with E-state index in [1.165, 1.54) is 30.3 Å². The molecule has 0 saturated heterocycles. The number of amides is 1. The summed E-state index contributed by atoms with van der Waals surface area (Å²) < 4.78 is 32.9. The van der Waals surface area contributed by atoms with Crippen molar-refractivity contribution < 1.29 is 27.5 Å². The summed E-state index contributed by atoms with van der Waals surface area (Å²) in [7, 11) is -3.80. The lowest BCUT2D eigenvalue weighted by atomic mass is 10.2. The summed E-state index contributed by atoms with van der Waals surface area (Å²) in [5.41, 5.74) is 0.712. The summed E-state index contributed by atoms with van der Waals surface area (Å²) in [4.78, 5) is 23.9. The maximum absolute atomic E-state index is 12.2. The summed E-state index contributed by atoms with van der Waals surface area (Å²) in [5, 5.41) is 7.63. The van der Waals surface area contributed by atoms with Gasteiger partial charge in [0.05, 0.1) is 17.1 Å². The van der Waals surface area contributed by atoms with Crippen molar-refractivity contribution in [3.8, 4) is 5.75 Å². The zero-order valence-corrected chi connectivity index (χ0v) is 15.7. The number of carbonyl (C=O) groups is 2. The molecule has 0 saturated carbocycles. The quantitative estimate of drug-likeness (QED) is 0.694. The van der Waals surface area contributed by atoms with Crippen molar-refractivity contribution in [3.05, 3.63) is 54.1 Å². The Labute approximate surface area is 157 Å². The van der Waals surface area contributed by atoms with Crippen molar-refractivity contribution in [1.82, 2.24) is 0 Å². The van der Waals surface area contributed by atoms with Crippen LogP contribution < -0.4 is 15.2 Å². The van der Waals surface area contributed by atoms with E-state index in [0.29, 0.717) is 17.0 Å². The van der Waals surface area contributed by atoms with Gasteiger partial charge in [0.25, 0.3) is 5.91 Å². The number of nitrogens with one attached hydrogen (secondary N) is 1. The Kier molecular flexibility index (Phi) is 6.54. The van der Waals surface area contributed by atoms with Crippen LogP contribution in [0, 0.1) is 0 Å². The Balaban J connectivity index is 2.01. The van der Waals surface area contributed by atoms with E-state index in [1.54, 1.807) is 32.0 Å². The van der Waals surface area contributed by atoms with Gasteiger partial charge in [-0.25, -0.2) is 18.4 Å². The van der Waals surface area contributed by atoms with Crippen LogP contribution in [0.2, 0.25) is 0 Å². The molecule has 0 aromatic heterocycles. The second-order valence-electron chi connectivity index (χ2n) is 5.57. The zero-order chi connectivity index (χ0) is 20.0. The molecule has 27 heavy (non-hydrogen) atoms. The highest BCUT2D eigenvalue weighted by atomic mass is 32.2. The van der Waals surface area contributed by atoms with Gasteiger partial charge in [-0.2, -0.15) is 0 Å². The smallest absolute Gasteiger partial charge is 0.338 e. The predicted molar refractivity (Wildman–Crippen MR) is 98.9 cm³/mol. The van der Waals surface area contributed by atoms with Crippen LogP contribution in [0.3, 0.4) is 0 Å². The Morgan fingerprint density at radius 3 is 2.41 bits per heavy atom. The zero-order valence-electron chi connectivity index (χ0n) is 14.8. The summed E-state index contributed by atoms with van der Waals surface area (Å²) in [6, 6.07) is 11.7. The topological polar surface area (TPSA) is 125 Å². The first-order chi connectivity index (χ1) is 12.7. The highest BCUT2D eigenvalue weighted by Crippen LogP contribution is 2.17. The Bertz CT molecular complexity index is 925. The van der Waals surface area contributed by atoms with E-state index in [1.807, 2.05) is 0 Å². The Morgan fingerprint density at radius 2 is 1.81 bits per heavy atom. The minimum absolute atomic E-state index is 0.0550. The van der Waals surface area contributed by atoms with E-state index in [-0.39, 0.29) is 11.5 Å². The van der Waals surface area contributed by atoms with Gasteiger partial charge in [-0.05, 0) is 56.3 Å². The van der Waals surface area contributed by atoms with Gasteiger partial charge in [-0.1, -0.05) is 6.07 Å². The normalized spacial score (nSPS) is 12.1. The molecular weight excluding hydrogens is 372 g/mol. The number of benzene rings is 2. The first kappa shape index (κ1) is 20.4. The fourth-order valence-electron chi connectivity index (χ4n) is 2.14. The van der Waals surface area contributed by atoms with E-state index in [4.69, 9.17) is 14.6 Å². The maximum Gasteiger partial charge on any atom is 0.338 e. The molecule has 0 radical (unpaired) electrons. The molecule has 2 aromatic carbocycles. The van der Waals surface area contributed by atoms with Crippen LogP contribution in [-0.2, 0) is 19.6 Å². The summed E-state index contributed by atoms with van der Waals surface area (Å²) in [6.45, 7) is 3.51. The lowest BCUT2D eigenvalue weighted by molar-refractivity contribution is -0.122. The molecule has 0 aliphatic heterocycles. The molecule has 2 rings (SSSR count). The Hall–Kier alpha value is -2.91. The molecule has 1 atom stereocenters. The van der Waals surface area contributed by atoms with E-state index in [0.717, 1.165) is 0 Å². The molecule has 2 aromatic rings. The average molecular weight is 392 g/mol. The van der Waals surface area contributed by atoms with Crippen LogP contribution in [0.5, 0.6) is 5.75 Å². The minimum Gasteiger partial charge on any atom is -0.481 e. The van der Waals surface area contributed by atoms with Crippen molar-refractivity contribution in [1.29, 1.82) is 0 Å². The molecular formula is C18H20N2O6S. The summed E-state index contributed by atoms with van der Waals surface area (Å²) in [6.07, 6.45) is -0.861. The number of esters is 1. The molecule has 0 unspecified atom stereocenters. The van der Waals surface area contributed by atoms with Crippen molar-refractivity contribution in [3.63, 3.8) is 0 Å². The van der Waals surface area contributed by atoms with Gasteiger partial charge in [-0.15, -0.1) is 0 Å². The molecule has 144 valence electrons. The van der Waals surface area contributed by atoms with Crippen LogP contribution in [-0.4, -0.2) is 33.0 Å². The van der Waals surface area contributed by atoms with Gasteiger partial charge in [-0.3, -0.25) is 4.79 Å².